The van der Waals surface area contributed by atoms with Crippen molar-refractivity contribution in [3.63, 3.8) is 0 Å². The van der Waals surface area contributed by atoms with Crippen LogP contribution in [0.2, 0.25) is 0 Å². The van der Waals surface area contributed by atoms with Crippen LogP contribution < -0.4 is 10.6 Å². The Hall–Kier alpha value is -0.450. The van der Waals surface area contributed by atoms with Crippen molar-refractivity contribution in [1.29, 1.82) is 0 Å². The number of anilines is 2. The van der Waals surface area contributed by atoms with Gasteiger partial charge in [-0.05, 0) is 72.4 Å². The molecule has 1 saturated carbocycles. The van der Waals surface area contributed by atoms with E-state index >= 15 is 0 Å². The van der Waals surface area contributed by atoms with E-state index in [4.69, 9.17) is 5.73 Å². The average Bonchev–Trinajstić information content (AvgIpc) is 2.98. The molecule has 3 rings (SSSR count). The van der Waals surface area contributed by atoms with Gasteiger partial charge >= 0.3 is 0 Å². The fourth-order valence-corrected chi connectivity index (χ4v) is 4.53. The molecule has 1 aliphatic carbocycles. The van der Waals surface area contributed by atoms with E-state index in [0.717, 1.165) is 17.6 Å². The summed E-state index contributed by atoms with van der Waals surface area (Å²) in [5, 5.41) is 0. The second-order valence-corrected chi connectivity index (χ2v) is 6.82. The van der Waals surface area contributed by atoms with Crippen LogP contribution in [-0.2, 0) is 0 Å². The van der Waals surface area contributed by atoms with Crippen LogP contribution in [0.4, 0.5) is 11.4 Å². The number of hydrogen-bond acceptors (Lipinski definition) is 2. The number of hydrogen-bond donors (Lipinski definition) is 1. The second-order valence-electron chi connectivity index (χ2n) is 5.66. The number of nitrogen functional groups attached to an aromatic ring is 1. The minimum atomic E-state index is 0.782. The summed E-state index contributed by atoms with van der Waals surface area (Å²) in [7, 11) is 0. The van der Waals surface area contributed by atoms with Crippen molar-refractivity contribution in [1.82, 2.24) is 0 Å². The molecule has 1 atom stereocenters. The Labute approximate surface area is 123 Å². The second kappa shape index (κ2) is 5.27. The van der Waals surface area contributed by atoms with Crippen LogP contribution in [0.1, 0.15) is 38.5 Å². The molecule has 1 unspecified atom stereocenters. The quantitative estimate of drug-likeness (QED) is 0.640. The molecule has 2 fully saturated rings. The fourth-order valence-electron chi connectivity index (χ4n) is 3.68. The molecule has 2 aliphatic rings. The summed E-state index contributed by atoms with van der Waals surface area (Å²) in [6, 6.07) is 7.14. The topological polar surface area (TPSA) is 29.3 Å². The Morgan fingerprint density at radius 2 is 1.89 bits per heavy atom. The minimum Gasteiger partial charge on any atom is -0.399 e. The zero-order valence-corrected chi connectivity index (χ0v) is 12.9. The first-order chi connectivity index (χ1) is 8.75. The van der Waals surface area contributed by atoms with Gasteiger partial charge in [0.05, 0.1) is 5.69 Å². The van der Waals surface area contributed by atoms with E-state index in [9.17, 15) is 0 Å². The number of benzene rings is 1. The maximum Gasteiger partial charge on any atom is 0.0506 e. The van der Waals surface area contributed by atoms with Gasteiger partial charge in [-0.2, -0.15) is 0 Å². The lowest BCUT2D eigenvalue weighted by Crippen LogP contribution is -2.35. The molecule has 0 radical (unpaired) electrons. The van der Waals surface area contributed by atoms with Crippen molar-refractivity contribution in [3.8, 4) is 0 Å². The summed E-state index contributed by atoms with van der Waals surface area (Å²) < 4.78 is 1.30. The number of halogens is 1. The van der Waals surface area contributed by atoms with Crippen LogP contribution in [0.15, 0.2) is 18.2 Å². The lowest BCUT2D eigenvalue weighted by Gasteiger charge is -2.32. The predicted octanol–water partition coefficient (Wildman–Crippen LogP) is 4.03. The third-order valence-electron chi connectivity index (χ3n) is 4.52. The predicted molar refractivity (Wildman–Crippen MR) is 85.9 cm³/mol. The van der Waals surface area contributed by atoms with Gasteiger partial charge in [-0.1, -0.05) is 12.8 Å². The molecule has 1 aromatic rings. The first kappa shape index (κ1) is 12.6. The van der Waals surface area contributed by atoms with E-state index in [1.54, 1.807) is 0 Å². The van der Waals surface area contributed by atoms with Crippen molar-refractivity contribution in [2.75, 3.05) is 17.2 Å². The average molecular weight is 356 g/mol. The summed E-state index contributed by atoms with van der Waals surface area (Å²) in [5.74, 6) is 0.931. The van der Waals surface area contributed by atoms with Crippen LogP contribution in [0.25, 0.3) is 0 Å². The Morgan fingerprint density at radius 3 is 2.61 bits per heavy atom. The normalized spacial score (nSPS) is 24.9. The highest BCUT2D eigenvalue weighted by Gasteiger charge is 2.33. The molecule has 0 spiro atoms. The molecule has 1 aliphatic heterocycles. The van der Waals surface area contributed by atoms with Crippen LogP contribution >= 0.6 is 22.6 Å². The van der Waals surface area contributed by atoms with Gasteiger partial charge in [0.15, 0.2) is 0 Å². The zero-order chi connectivity index (χ0) is 12.5. The van der Waals surface area contributed by atoms with E-state index in [-0.39, 0.29) is 0 Å². The Balaban J connectivity index is 1.85. The Kier molecular flexibility index (Phi) is 3.68. The number of rotatable bonds is 2. The molecule has 0 amide bonds. The largest absolute Gasteiger partial charge is 0.399 e. The third kappa shape index (κ3) is 2.33. The molecule has 3 heteroatoms. The summed E-state index contributed by atoms with van der Waals surface area (Å²) >= 11 is 2.43. The van der Waals surface area contributed by atoms with Gasteiger partial charge in [0.2, 0.25) is 0 Å². The van der Waals surface area contributed by atoms with Gasteiger partial charge < -0.3 is 10.6 Å². The lowest BCUT2D eigenvalue weighted by atomic mass is 9.95. The first-order valence-corrected chi connectivity index (χ1v) is 8.15. The summed E-state index contributed by atoms with van der Waals surface area (Å²) in [4.78, 5) is 2.65. The van der Waals surface area contributed by atoms with Crippen LogP contribution in [0.5, 0.6) is 0 Å². The van der Waals surface area contributed by atoms with E-state index in [2.05, 4.69) is 39.6 Å². The van der Waals surface area contributed by atoms with Crippen LogP contribution in [0.3, 0.4) is 0 Å². The third-order valence-corrected chi connectivity index (χ3v) is 5.39. The number of nitrogens with zero attached hydrogens (tertiary/aromatic N) is 1. The highest BCUT2D eigenvalue weighted by atomic mass is 127. The molecule has 18 heavy (non-hydrogen) atoms. The summed E-state index contributed by atoms with van der Waals surface area (Å²) in [6.07, 6.45) is 8.48. The van der Waals surface area contributed by atoms with Gasteiger partial charge in [-0.15, -0.1) is 0 Å². The van der Waals surface area contributed by atoms with E-state index in [1.165, 1.54) is 54.3 Å². The van der Waals surface area contributed by atoms with Gasteiger partial charge in [0, 0.05) is 21.8 Å². The monoisotopic (exact) mass is 356 g/mol. The van der Waals surface area contributed by atoms with Crippen molar-refractivity contribution in [3.05, 3.63) is 21.8 Å². The van der Waals surface area contributed by atoms with Crippen LogP contribution in [-0.4, -0.2) is 12.6 Å². The molecule has 1 heterocycles. The highest BCUT2D eigenvalue weighted by Crippen LogP contribution is 2.39. The molecule has 1 aromatic carbocycles. The Morgan fingerprint density at radius 1 is 1.11 bits per heavy atom. The van der Waals surface area contributed by atoms with Gasteiger partial charge in [0.1, 0.15) is 0 Å². The van der Waals surface area contributed by atoms with Crippen molar-refractivity contribution < 1.29 is 0 Å². The maximum atomic E-state index is 5.86. The first-order valence-electron chi connectivity index (χ1n) is 7.07. The molecule has 1 saturated heterocycles. The molecule has 2 nitrogen and oxygen atoms in total. The Bertz CT molecular complexity index is 427. The molecule has 0 bridgehead atoms. The van der Waals surface area contributed by atoms with Crippen molar-refractivity contribution in [2.24, 2.45) is 5.92 Å². The summed E-state index contributed by atoms with van der Waals surface area (Å²) in [6.45, 7) is 1.22. The van der Waals surface area contributed by atoms with Gasteiger partial charge in [-0.25, -0.2) is 0 Å². The van der Waals surface area contributed by atoms with Gasteiger partial charge in [-0.3, -0.25) is 0 Å². The van der Waals surface area contributed by atoms with Gasteiger partial charge in [0.25, 0.3) is 0 Å². The van der Waals surface area contributed by atoms with E-state index in [0.29, 0.717) is 0 Å². The van der Waals surface area contributed by atoms with Crippen LogP contribution in [0, 0.1) is 9.49 Å². The van der Waals surface area contributed by atoms with E-state index in [1.807, 2.05) is 6.07 Å². The molecule has 2 N–H and O–H groups in total. The number of nitrogens with two attached hydrogens (primary N) is 1. The summed E-state index contributed by atoms with van der Waals surface area (Å²) in [5.41, 5.74) is 8.14. The van der Waals surface area contributed by atoms with E-state index < -0.39 is 0 Å². The SMILES string of the molecule is Nc1ccc(N2CCCC2C2CCCC2)c(I)c1. The standard InChI is InChI=1S/C15H21IN2/c16-13-10-12(17)7-8-15(13)18-9-3-6-14(18)11-4-1-2-5-11/h7-8,10-11,14H,1-6,9,17H2. The molecule has 98 valence electrons. The van der Waals surface area contributed by atoms with Crippen molar-refractivity contribution >= 4 is 34.0 Å². The zero-order valence-electron chi connectivity index (χ0n) is 10.7. The lowest BCUT2D eigenvalue weighted by molar-refractivity contribution is 0.430. The molecular weight excluding hydrogens is 335 g/mol. The maximum absolute atomic E-state index is 5.86. The fraction of sp³-hybridized carbons (Fsp3) is 0.600. The molecule has 0 aromatic heterocycles. The smallest absolute Gasteiger partial charge is 0.0506 e. The minimum absolute atomic E-state index is 0.782. The highest BCUT2D eigenvalue weighted by molar-refractivity contribution is 14.1. The van der Waals surface area contributed by atoms with Crippen molar-refractivity contribution in [2.45, 2.75) is 44.6 Å². The molecular formula is C15H21IN2.